The molecule has 1 aromatic heterocycles. The highest BCUT2D eigenvalue weighted by Gasteiger charge is 2.13. The number of nitrogens with zero attached hydrogens (tertiary/aromatic N) is 1. The van der Waals surface area contributed by atoms with E-state index in [2.05, 4.69) is 36.8 Å². The largest absolute Gasteiger partial charge is 0.347 e. The summed E-state index contributed by atoms with van der Waals surface area (Å²) in [6.45, 7) is 0.421. The highest BCUT2D eigenvalue weighted by molar-refractivity contribution is 9.09. The average molecular weight is 353 g/mol. The van der Waals surface area contributed by atoms with E-state index in [0.29, 0.717) is 28.3 Å². The van der Waals surface area contributed by atoms with Crippen molar-refractivity contribution in [3.8, 4) is 0 Å². The van der Waals surface area contributed by atoms with E-state index in [4.69, 9.17) is 0 Å². The van der Waals surface area contributed by atoms with Crippen LogP contribution in [0.3, 0.4) is 0 Å². The van der Waals surface area contributed by atoms with Crippen molar-refractivity contribution in [1.82, 2.24) is 20.8 Å². The Labute approximate surface area is 128 Å². The molecular weight excluding hydrogens is 340 g/mol. The van der Waals surface area contributed by atoms with Gasteiger partial charge in [-0.1, -0.05) is 34.1 Å². The van der Waals surface area contributed by atoms with Gasteiger partial charge in [0.15, 0.2) is 0 Å². The molecule has 2 aromatic rings. The number of rotatable bonds is 4. The summed E-state index contributed by atoms with van der Waals surface area (Å²) in [4.78, 5) is 34.6. The average Bonchev–Trinajstić information content (AvgIpc) is 2.52. The number of amides is 2. The van der Waals surface area contributed by atoms with Crippen LogP contribution in [0.1, 0.15) is 5.69 Å². The van der Waals surface area contributed by atoms with Gasteiger partial charge >= 0.3 is 11.8 Å². The summed E-state index contributed by atoms with van der Waals surface area (Å²) >= 11 is 3.15. The number of halogens is 1. The molecule has 0 spiro atoms. The van der Waals surface area contributed by atoms with Gasteiger partial charge in [-0.3, -0.25) is 14.4 Å². The maximum atomic E-state index is 11.6. The van der Waals surface area contributed by atoms with E-state index in [9.17, 15) is 14.4 Å². The monoisotopic (exact) mass is 352 g/mol. The number of carbonyl (C=O) groups is 2. The second-order valence-corrected chi connectivity index (χ2v) is 4.97. The van der Waals surface area contributed by atoms with Gasteiger partial charge in [-0.25, -0.2) is 5.10 Å². The standard InChI is InChI=1S/C13H13BrN4O3/c14-5-6-15-12(20)13(21)16-7-10-8-3-1-2-4-9(8)11(19)18-17-10/h1-4H,5-7H2,(H,15,20)(H,16,21)(H,18,19). The first-order valence-electron chi connectivity index (χ1n) is 6.21. The van der Waals surface area contributed by atoms with Gasteiger partial charge in [0, 0.05) is 17.3 Å². The maximum absolute atomic E-state index is 11.6. The smallest absolute Gasteiger partial charge is 0.309 e. The number of benzene rings is 1. The summed E-state index contributed by atoms with van der Waals surface area (Å²) in [6, 6.07) is 6.93. The van der Waals surface area contributed by atoms with Crippen LogP contribution in [0.2, 0.25) is 0 Å². The Kier molecular flexibility index (Phi) is 5.04. The molecule has 8 heteroatoms. The predicted molar refractivity (Wildman–Crippen MR) is 81.0 cm³/mol. The second-order valence-electron chi connectivity index (χ2n) is 4.17. The first-order chi connectivity index (χ1) is 10.1. The van der Waals surface area contributed by atoms with E-state index < -0.39 is 11.8 Å². The number of aromatic amines is 1. The summed E-state index contributed by atoms with van der Waals surface area (Å²) in [5.74, 6) is -1.45. The van der Waals surface area contributed by atoms with Crippen LogP contribution in [0.15, 0.2) is 29.1 Å². The molecule has 3 N–H and O–H groups in total. The first kappa shape index (κ1) is 15.2. The molecule has 1 heterocycles. The Morgan fingerprint density at radius 2 is 1.81 bits per heavy atom. The number of alkyl halides is 1. The fourth-order valence-electron chi connectivity index (χ4n) is 1.79. The van der Waals surface area contributed by atoms with Crippen LogP contribution in [0, 0.1) is 0 Å². The SMILES string of the molecule is O=C(NCCBr)C(=O)NCc1n[nH]c(=O)c2ccccc12. The summed E-state index contributed by atoms with van der Waals surface area (Å²) in [5.41, 5.74) is 0.197. The number of aromatic nitrogens is 2. The van der Waals surface area contributed by atoms with Gasteiger partial charge in [0.2, 0.25) is 0 Å². The Morgan fingerprint density at radius 1 is 1.14 bits per heavy atom. The van der Waals surface area contributed by atoms with Crippen molar-refractivity contribution in [3.63, 3.8) is 0 Å². The first-order valence-corrected chi connectivity index (χ1v) is 7.34. The van der Waals surface area contributed by atoms with Crippen LogP contribution in [-0.2, 0) is 16.1 Å². The molecule has 2 amide bonds. The van der Waals surface area contributed by atoms with E-state index in [1.54, 1.807) is 24.3 Å². The number of nitrogens with one attached hydrogen (secondary N) is 3. The topological polar surface area (TPSA) is 104 Å². The zero-order chi connectivity index (χ0) is 15.2. The zero-order valence-corrected chi connectivity index (χ0v) is 12.6. The van der Waals surface area contributed by atoms with Crippen LogP contribution < -0.4 is 16.2 Å². The molecular formula is C13H13BrN4O3. The summed E-state index contributed by atoms with van der Waals surface area (Å²) in [7, 11) is 0. The van der Waals surface area contributed by atoms with E-state index >= 15 is 0 Å². The number of H-pyrrole nitrogens is 1. The Balaban J connectivity index is 2.11. The minimum Gasteiger partial charge on any atom is -0.347 e. The molecule has 110 valence electrons. The van der Waals surface area contributed by atoms with Gasteiger partial charge in [-0.05, 0) is 6.07 Å². The van der Waals surface area contributed by atoms with Crippen molar-refractivity contribution in [2.45, 2.75) is 6.54 Å². The maximum Gasteiger partial charge on any atom is 0.309 e. The third-order valence-electron chi connectivity index (χ3n) is 2.78. The zero-order valence-electron chi connectivity index (χ0n) is 11.0. The van der Waals surface area contributed by atoms with Gasteiger partial charge in [0.1, 0.15) is 0 Å². The molecule has 1 aromatic carbocycles. The van der Waals surface area contributed by atoms with Crippen molar-refractivity contribution in [3.05, 3.63) is 40.3 Å². The lowest BCUT2D eigenvalue weighted by molar-refractivity contribution is -0.139. The van der Waals surface area contributed by atoms with Crippen molar-refractivity contribution in [2.24, 2.45) is 0 Å². The van der Waals surface area contributed by atoms with E-state index in [-0.39, 0.29) is 12.1 Å². The van der Waals surface area contributed by atoms with Crippen molar-refractivity contribution in [1.29, 1.82) is 0 Å². The number of fused-ring (bicyclic) bond motifs is 1. The van der Waals surface area contributed by atoms with Gasteiger partial charge < -0.3 is 10.6 Å². The van der Waals surface area contributed by atoms with E-state index in [1.165, 1.54) is 0 Å². The van der Waals surface area contributed by atoms with Crippen LogP contribution in [-0.4, -0.2) is 33.9 Å². The number of hydrogen-bond acceptors (Lipinski definition) is 4. The Bertz CT molecular complexity index is 729. The molecule has 7 nitrogen and oxygen atoms in total. The lowest BCUT2D eigenvalue weighted by Gasteiger charge is -2.07. The van der Waals surface area contributed by atoms with Gasteiger partial charge in [0.05, 0.1) is 17.6 Å². The molecule has 0 aliphatic rings. The van der Waals surface area contributed by atoms with Crippen molar-refractivity contribution in [2.75, 3.05) is 11.9 Å². The van der Waals surface area contributed by atoms with Gasteiger partial charge in [-0.15, -0.1) is 0 Å². The fraction of sp³-hybridized carbons (Fsp3) is 0.231. The molecule has 0 atom stereocenters. The summed E-state index contributed by atoms with van der Waals surface area (Å²) in [6.07, 6.45) is 0. The molecule has 0 saturated carbocycles. The number of hydrogen-bond donors (Lipinski definition) is 3. The Hall–Kier alpha value is -2.22. The van der Waals surface area contributed by atoms with Gasteiger partial charge in [0.25, 0.3) is 5.56 Å². The minimum atomic E-state index is -0.743. The molecule has 0 fully saturated rings. The van der Waals surface area contributed by atoms with Crippen molar-refractivity contribution < 1.29 is 9.59 Å². The molecule has 0 radical (unpaired) electrons. The summed E-state index contributed by atoms with van der Waals surface area (Å²) < 4.78 is 0. The molecule has 0 saturated heterocycles. The highest BCUT2D eigenvalue weighted by Crippen LogP contribution is 2.11. The third-order valence-corrected chi connectivity index (χ3v) is 3.17. The lowest BCUT2D eigenvalue weighted by Crippen LogP contribution is -2.40. The molecule has 0 bridgehead atoms. The third kappa shape index (κ3) is 3.66. The van der Waals surface area contributed by atoms with Crippen molar-refractivity contribution >= 4 is 38.5 Å². The van der Waals surface area contributed by atoms with Crippen LogP contribution in [0.5, 0.6) is 0 Å². The van der Waals surface area contributed by atoms with Crippen LogP contribution in [0.25, 0.3) is 10.8 Å². The normalized spacial score (nSPS) is 10.3. The minimum absolute atomic E-state index is 0.0534. The number of carbonyl (C=O) groups excluding carboxylic acids is 2. The van der Waals surface area contributed by atoms with E-state index in [0.717, 1.165) is 0 Å². The van der Waals surface area contributed by atoms with Crippen LogP contribution >= 0.6 is 15.9 Å². The second kappa shape index (κ2) is 6.98. The molecule has 0 aliphatic heterocycles. The van der Waals surface area contributed by atoms with Gasteiger partial charge in [-0.2, -0.15) is 5.10 Å². The Morgan fingerprint density at radius 3 is 2.52 bits per heavy atom. The quantitative estimate of drug-likeness (QED) is 0.534. The van der Waals surface area contributed by atoms with E-state index in [1.807, 2.05) is 0 Å². The molecule has 0 unspecified atom stereocenters. The molecule has 21 heavy (non-hydrogen) atoms. The lowest BCUT2D eigenvalue weighted by atomic mass is 10.1. The highest BCUT2D eigenvalue weighted by atomic mass is 79.9. The van der Waals surface area contributed by atoms with Crippen LogP contribution in [0.4, 0.5) is 0 Å². The predicted octanol–water partition coefficient (Wildman–Crippen LogP) is 0.0504. The fourth-order valence-corrected chi connectivity index (χ4v) is 1.99. The molecule has 2 rings (SSSR count). The molecule has 0 aliphatic carbocycles. The summed E-state index contributed by atoms with van der Waals surface area (Å²) in [5, 5.41) is 12.9.